The minimum absolute atomic E-state index is 0.0522. The van der Waals surface area contributed by atoms with E-state index < -0.39 is 17.6 Å². The highest BCUT2D eigenvalue weighted by molar-refractivity contribution is 5.85. The van der Waals surface area contributed by atoms with E-state index in [-0.39, 0.29) is 12.3 Å². The van der Waals surface area contributed by atoms with Crippen molar-refractivity contribution < 1.29 is 19.4 Å². The van der Waals surface area contributed by atoms with Crippen LogP contribution in [0.25, 0.3) is 0 Å². The van der Waals surface area contributed by atoms with Crippen molar-refractivity contribution in [2.45, 2.75) is 38.3 Å². The molecule has 0 radical (unpaired) electrons. The molecule has 1 aromatic carbocycles. The predicted octanol–water partition coefficient (Wildman–Crippen LogP) is 1.00. The molecule has 1 aliphatic heterocycles. The van der Waals surface area contributed by atoms with E-state index >= 15 is 0 Å². The zero-order valence-electron chi connectivity index (χ0n) is 16.7. The minimum atomic E-state index is -1.81. The van der Waals surface area contributed by atoms with Gasteiger partial charge in [0.25, 0.3) is 0 Å². The fraction of sp³-hybridized carbons (Fsp3) is 0.619. The summed E-state index contributed by atoms with van der Waals surface area (Å²) in [4.78, 5) is 27.4. The average Bonchev–Trinajstić information content (AvgIpc) is 2.73. The lowest BCUT2D eigenvalue weighted by Crippen LogP contribution is -2.58. The Morgan fingerprint density at radius 1 is 1.25 bits per heavy atom. The number of morpholine rings is 1. The quantitative estimate of drug-likeness (QED) is 0.384. The Kier molecular flexibility index (Phi) is 9.05. The Balaban J connectivity index is 2.34. The van der Waals surface area contributed by atoms with Crippen molar-refractivity contribution in [3.8, 4) is 0 Å². The van der Waals surface area contributed by atoms with Crippen molar-refractivity contribution in [1.29, 1.82) is 0 Å². The summed E-state index contributed by atoms with van der Waals surface area (Å²) in [5.41, 5.74) is 4.16. The standard InChI is InChI=1S/C21H33N3O4/c1-2-3-5-10-19(25)18(16-24-11-13-28-14-12-24)21(27,23-20(26)15-22)17-8-6-4-7-9-17/h4,6-9,18,27H,2-3,5,10-16,22H2,1H3,(H,23,26)/t18-,21-/m1/s1. The zero-order valence-corrected chi connectivity index (χ0v) is 16.7. The van der Waals surface area contributed by atoms with Gasteiger partial charge in [-0.1, -0.05) is 50.1 Å². The molecule has 0 aliphatic carbocycles. The van der Waals surface area contributed by atoms with Crippen LogP contribution in [0.2, 0.25) is 0 Å². The van der Waals surface area contributed by atoms with Gasteiger partial charge in [0.2, 0.25) is 5.91 Å². The fourth-order valence-corrected chi connectivity index (χ4v) is 3.55. The zero-order chi connectivity index (χ0) is 20.4. The van der Waals surface area contributed by atoms with Crippen LogP contribution in [0, 0.1) is 5.92 Å². The molecule has 4 N–H and O–H groups in total. The maximum Gasteiger partial charge on any atom is 0.236 e. The normalized spacial score (nSPS) is 18.2. The molecule has 1 heterocycles. The van der Waals surface area contributed by atoms with Gasteiger partial charge in [-0.3, -0.25) is 14.5 Å². The minimum Gasteiger partial charge on any atom is -0.379 e. The molecule has 1 saturated heterocycles. The molecule has 2 rings (SSSR count). The van der Waals surface area contributed by atoms with Crippen LogP contribution in [-0.4, -0.2) is 61.1 Å². The lowest BCUT2D eigenvalue weighted by atomic mass is 9.83. The highest BCUT2D eigenvalue weighted by Gasteiger charge is 2.44. The van der Waals surface area contributed by atoms with Crippen molar-refractivity contribution in [2.24, 2.45) is 11.7 Å². The third-order valence-corrected chi connectivity index (χ3v) is 5.19. The highest BCUT2D eigenvalue weighted by Crippen LogP contribution is 2.30. The molecule has 1 aromatic rings. The molecule has 1 amide bonds. The van der Waals surface area contributed by atoms with Gasteiger partial charge < -0.3 is 20.9 Å². The lowest BCUT2D eigenvalue weighted by Gasteiger charge is -2.40. The number of unbranched alkanes of at least 4 members (excludes halogenated alkanes) is 2. The Bertz CT molecular complexity index is 619. The summed E-state index contributed by atoms with van der Waals surface area (Å²) < 4.78 is 5.40. The number of Topliss-reactive ketones (excluding diaryl/α,β-unsaturated/α-hetero) is 1. The molecule has 1 aliphatic rings. The van der Waals surface area contributed by atoms with Crippen LogP contribution in [0.15, 0.2) is 30.3 Å². The predicted molar refractivity (Wildman–Crippen MR) is 107 cm³/mol. The van der Waals surface area contributed by atoms with Crippen LogP contribution in [-0.2, 0) is 20.1 Å². The number of ether oxygens (including phenoxy) is 1. The number of nitrogens with two attached hydrogens (primary N) is 1. The van der Waals surface area contributed by atoms with Crippen molar-refractivity contribution >= 4 is 11.7 Å². The number of nitrogens with zero attached hydrogens (tertiary/aromatic N) is 1. The van der Waals surface area contributed by atoms with Crippen LogP contribution < -0.4 is 11.1 Å². The van der Waals surface area contributed by atoms with Gasteiger partial charge in [0.05, 0.1) is 25.7 Å². The largest absolute Gasteiger partial charge is 0.379 e. The third kappa shape index (κ3) is 6.10. The number of ketones is 1. The van der Waals surface area contributed by atoms with E-state index in [1.807, 2.05) is 6.07 Å². The monoisotopic (exact) mass is 391 g/mol. The average molecular weight is 392 g/mol. The van der Waals surface area contributed by atoms with E-state index in [0.717, 1.165) is 19.3 Å². The van der Waals surface area contributed by atoms with Crippen LogP contribution in [0.3, 0.4) is 0 Å². The Labute approximate surface area is 167 Å². The first-order valence-corrected chi connectivity index (χ1v) is 10.1. The SMILES string of the molecule is CCCCCC(=O)[C@@H](CN1CCOCC1)[C@@](O)(NC(=O)CN)c1ccccc1. The Morgan fingerprint density at radius 3 is 2.54 bits per heavy atom. The van der Waals surface area contributed by atoms with Gasteiger partial charge in [0.15, 0.2) is 5.72 Å². The lowest BCUT2D eigenvalue weighted by molar-refractivity contribution is -0.147. The molecule has 2 atom stereocenters. The number of hydrogen-bond donors (Lipinski definition) is 3. The van der Waals surface area contributed by atoms with Gasteiger partial charge in [-0.25, -0.2) is 0 Å². The number of carbonyl (C=O) groups is 2. The Hall–Kier alpha value is -1.80. The molecule has 0 aromatic heterocycles. The van der Waals surface area contributed by atoms with E-state index in [9.17, 15) is 14.7 Å². The maximum atomic E-state index is 13.2. The number of nitrogens with one attached hydrogen (secondary N) is 1. The van der Waals surface area contributed by atoms with Gasteiger partial charge in [0.1, 0.15) is 5.78 Å². The molecule has 0 saturated carbocycles. The smallest absolute Gasteiger partial charge is 0.236 e. The van der Waals surface area contributed by atoms with Crippen molar-refractivity contribution in [3.63, 3.8) is 0 Å². The number of rotatable bonds is 11. The van der Waals surface area contributed by atoms with Gasteiger partial charge in [0, 0.05) is 31.6 Å². The number of amides is 1. The summed E-state index contributed by atoms with van der Waals surface area (Å²) in [6, 6.07) is 8.84. The molecule has 156 valence electrons. The number of carbonyl (C=O) groups excluding carboxylic acids is 2. The summed E-state index contributed by atoms with van der Waals surface area (Å²) >= 11 is 0. The topological polar surface area (TPSA) is 105 Å². The van der Waals surface area contributed by atoms with Gasteiger partial charge in [-0.05, 0) is 6.42 Å². The molecule has 0 bridgehead atoms. The second kappa shape index (κ2) is 11.3. The first-order valence-electron chi connectivity index (χ1n) is 10.1. The Morgan fingerprint density at radius 2 is 1.93 bits per heavy atom. The first kappa shape index (κ1) is 22.5. The molecule has 7 nitrogen and oxygen atoms in total. The van der Waals surface area contributed by atoms with Gasteiger partial charge >= 0.3 is 0 Å². The van der Waals surface area contributed by atoms with E-state index in [0.29, 0.717) is 44.8 Å². The van der Waals surface area contributed by atoms with Crippen molar-refractivity contribution in [1.82, 2.24) is 10.2 Å². The summed E-state index contributed by atoms with van der Waals surface area (Å²) in [6.45, 7) is 4.74. The molecular weight excluding hydrogens is 358 g/mol. The summed E-state index contributed by atoms with van der Waals surface area (Å²) in [6.07, 6.45) is 3.10. The highest BCUT2D eigenvalue weighted by atomic mass is 16.5. The number of hydrogen-bond acceptors (Lipinski definition) is 6. The molecule has 0 spiro atoms. The molecule has 1 fully saturated rings. The molecule has 7 heteroatoms. The molecule has 0 unspecified atom stereocenters. The summed E-state index contributed by atoms with van der Waals surface area (Å²) in [7, 11) is 0. The summed E-state index contributed by atoms with van der Waals surface area (Å²) in [5, 5.41) is 14.3. The van der Waals surface area contributed by atoms with E-state index in [2.05, 4.69) is 17.1 Å². The van der Waals surface area contributed by atoms with Crippen LogP contribution >= 0.6 is 0 Å². The van der Waals surface area contributed by atoms with Crippen LogP contribution in [0.1, 0.15) is 38.2 Å². The van der Waals surface area contributed by atoms with Gasteiger partial charge in [-0.2, -0.15) is 0 Å². The maximum absolute atomic E-state index is 13.2. The number of aliphatic hydroxyl groups is 1. The van der Waals surface area contributed by atoms with E-state index in [1.165, 1.54) is 0 Å². The van der Waals surface area contributed by atoms with E-state index in [4.69, 9.17) is 10.5 Å². The fourth-order valence-electron chi connectivity index (χ4n) is 3.55. The van der Waals surface area contributed by atoms with Crippen LogP contribution in [0.4, 0.5) is 0 Å². The van der Waals surface area contributed by atoms with Crippen LogP contribution in [0.5, 0.6) is 0 Å². The van der Waals surface area contributed by atoms with Crippen molar-refractivity contribution in [2.75, 3.05) is 39.4 Å². The van der Waals surface area contributed by atoms with E-state index in [1.54, 1.807) is 24.3 Å². The third-order valence-electron chi connectivity index (χ3n) is 5.19. The van der Waals surface area contributed by atoms with Crippen molar-refractivity contribution in [3.05, 3.63) is 35.9 Å². The molecule has 28 heavy (non-hydrogen) atoms. The second-order valence-electron chi connectivity index (χ2n) is 7.27. The summed E-state index contributed by atoms with van der Waals surface area (Å²) in [5.74, 6) is -1.34. The first-order chi connectivity index (χ1) is 13.5. The van der Waals surface area contributed by atoms with Gasteiger partial charge in [-0.15, -0.1) is 0 Å². The second-order valence-corrected chi connectivity index (χ2v) is 7.27. The number of benzene rings is 1. The molecular formula is C21H33N3O4.